The molecule has 0 N–H and O–H groups in total. The van der Waals surface area contributed by atoms with E-state index in [0.29, 0.717) is 17.8 Å². The first kappa shape index (κ1) is 10.7. The van der Waals surface area contributed by atoms with E-state index in [-0.39, 0.29) is 0 Å². The Bertz CT molecular complexity index is 497. The van der Waals surface area contributed by atoms with E-state index >= 15 is 0 Å². The minimum atomic E-state index is 0.345. The molecule has 0 aliphatic rings. The van der Waals surface area contributed by atoms with Gasteiger partial charge >= 0.3 is 0 Å². The van der Waals surface area contributed by atoms with Crippen molar-refractivity contribution in [3.63, 3.8) is 0 Å². The zero-order valence-electron chi connectivity index (χ0n) is 9.43. The summed E-state index contributed by atoms with van der Waals surface area (Å²) in [5.41, 5.74) is 2.01. The second-order valence-electron chi connectivity index (χ2n) is 3.69. The van der Waals surface area contributed by atoms with Crippen LogP contribution in [0.2, 0.25) is 0 Å². The SMILES string of the molecule is CCCn1ncc(-c2ccc(C=O)o2)c1C. The maximum Gasteiger partial charge on any atom is 0.185 e. The van der Waals surface area contributed by atoms with Crippen molar-refractivity contribution in [1.29, 1.82) is 0 Å². The fraction of sp³-hybridized carbons (Fsp3) is 0.333. The van der Waals surface area contributed by atoms with Crippen LogP contribution in [0.25, 0.3) is 11.3 Å². The highest BCUT2D eigenvalue weighted by atomic mass is 16.3. The van der Waals surface area contributed by atoms with Crippen LogP contribution in [0.5, 0.6) is 0 Å². The summed E-state index contributed by atoms with van der Waals surface area (Å²) in [5, 5.41) is 4.29. The molecule has 4 nitrogen and oxygen atoms in total. The van der Waals surface area contributed by atoms with E-state index in [1.807, 2.05) is 11.6 Å². The van der Waals surface area contributed by atoms with Crippen LogP contribution in [0.4, 0.5) is 0 Å². The predicted octanol–water partition coefficient (Wildman–Crippen LogP) is 2.67. The standard InChI is InChI=1S/C12H14N2O2/c1-3-6-14-9(2)11(7-13-14)12-5-4-10(8-15)16-12/h4-5,7-8H,3,6H2,1-2H3. The van der Waals surface area contributed by atoms with Crippen LogP contribution in [-0.2, 0) is 6.54 Å². The van der Waals surface area contributed by atoms with Gasteiger partial charge < -0.3 is 4.42 Å². The predicted molar refractivity (Wildman–Crippen MR) is 60.3 cm³/mol. The number of hydrogen-bond acceptors (Lipinski definition) is 3. The molecular formula is C12H14N2O2. The molecule has 0 atom stereocenters. The first-order valence-electron chi connectivity index (χ1n) is 5.34. The number of furan rings is 1. The van der Waals surface area contributed by atoms with Gasteiger partial charge in [0.05, 0.1) is 11.8 Å². The zero-order valence-corrected chi connectivity index (χ0v) is 9.43. The van der Waals surface area contributed by atoms with Gasteiger partial charge in [-0.3, -0.25) is 9.48 Å². The lowest BCUT2D eigenvalue weighted by Gasteiger charge is -2.01. The Morgan fingerprint density at radius 1 is 1.50 bits per heavy atom. The van der Waals surface area contributed by atoms with Gasteiger partial charge in [0.1, 0.15) is 5.76 Å². The van der Waals surface area contributed by atoms with Crippen molar-refractivity contribution in [3.05, 3.63) is 29.8 Å². The first-order chi connectivity index (χ1) is 7.76. The van der Waals surface area contributed by atoms with E-state index < -0.39 is 0 Å². The lowest BCUT2D eigenvalue weighted by atomic mass is 10.2. The van der Waals surface area contributed by atoms with E-state index in [1.54, 1.807) is 18.3 Å². The zero-order chi connectivity index (χ0) is 11.5. The summed E-state index contributed by atoms with van der Waals surface area (Å²) in [6, 6.07) is 3.46. The van der Waals surface area contributed by atoms with Gasteiger partial charge in [0.25, 0.3) is 0 Å². The van der Waals surface area contributed by atoms with Gasteiger partial charge in [-0.15, -0.1) is 0 Å². The van der Waals surface area contributed by atoms with Crippen molar-refractivity contribution >= 4 is 6.29 Å². The maximum absolute atomic E-state index is 10.5. The summed E-state index contributed by atoms with van der Waals surface area (Å²) in [7, 11) is 0. The van der Waals surface area contributed by atoms with Crippen molar-refractivity contribution < 1.29 is 9.21 Å². The van der Waals surface area contributed by atoms with Gasteiger partial charge in [0.15, 0.2) is 12.0 Å². The minimum absolute atomic E-state index is 0.345. The molecule has 4 heteroatoms. The van der Waals surface area contributed by atoms with Gasteiger partial charge in [0.2, 0.25) is 0 Å². The van der Waals surface area contributed by atoms with Gasteiger partial charge in [-0.1, -0.05) is 6.92 Å². The highest BCUT2D eigenvalue weighted by Crippen LogP contribution is 2.24. The summed E-state index contributed by atoms with van der Waals surface area (Å²) >= 11 is 0. The van der Waals surface area contributed by atoms with Crippen LogP contribution in [0, 0.1) is 6.92 Å². The molecule has 0 unspecified atom stereocenters. The van der Waals surface area contributed by atoms with E-state index in [1.165, 1.54) is 0 Å². The van der Waals surface area contributed by atoms with Gasteiger partial charge in [-0.25, -0.2) is 0 Å². The summed E-state index contributed by atoms with van der Waals surface area (Å²) in [5.74, 6) is 1.04. The Kier molecular flexibility index (Phi) is 2.90. The van der Waals surface area contributed by atoms with Crippen LogP contribution in [-0.4, -0.2) is 16.1 Å². The number of hydrogen-bond donors (Lipinski definition) is 0. The quantitative estimate of drug-likeness (QED) is 0.741. The Hall–Kier alpha value is -1.84. The molecule has 0 spiro atoms. The lowest BCUT2D eigenvalue weighted by Crippen LogP contribution is -2.00. The molecule has 2 aromatic rings. The molecule has 0 aliphatic heterocycles. The normalized spacial score (nSPS) is 10.6. The molecule has 0 fully saturated rings. The highest BCUT2D eigenvalue weighted by molar-refractivity contribution is 5.73. The molecule has 0 bridgehead atoms. The van der Waals surface area contributed by atoms with Gasteiger partial charge in [-0.05, 0) is 25.5 Å². The van der Waals surface area contributed by atoms with Crippen LogP contribution in [0.1, 0.15) is 29.6 Å². The number of aldehydes is 1. The second kappa shape index (κ2) is 4.35. The molecular weight excluding hydrogens is 204 g/mol. The highest BCUT2D eigenvalue weighted by Gasteiger charge is 2.11. The van der Waals surface area contributed by atoms with Crippen LogP contribution in [0.15, 0.2) is 22.7 Å². The van der Waals surface area contributed by atoms with E-state index in [9.17, 15) is 4.79 Å². The smallest absolute Gasteiger partial charge is 0.185 e. The van der Waals surface area contributed by atoms with E-state index in [0.717, 1.165) is 24.2 Å². The monoisotopic (exact) mass is 218 g/mol. The third-order valence-electron chi connectivity index (χ3n) is 2.55. The van der Waals surface area contributed by atoms with Crippen molar-refractivity contribution in [2.45, 2.75) is 26.8 Å². The first-order valence-corrected chi connectivity index (χ1v) is 5.34. The third kappa shape index (κ3) is 1.78. The van der Waals surface area contributed by atoms with Crippen LogP contribution < -0.4 is 0 Å². The Labute approximate surface area is 93.9 Å². The average Bonchev–Trinajstić information content (AvgIpc) is 2.87. The number of aromatic nitrogens is 2. The molecule has 0 saturated heterocycles. The molecule has 2 heterocycles. The third-order valence-corrected chi connectivity index (χ3v) is 2.55. The largest absolute Gasteiger partial charge is 0.453 e. The minimum Gasteiger partial charge on any atom is -0.453 e. The Morgan fingerprint density at radius 2 is 2.31 bits per heavy atom. The van der Waals surface area contributed by atoms with Gasteiger partial charge in [-0.2, -0.15) is 5.10 Å². The second-order valence-corrected chi connectivity index (χ2v) is 3.69. The molecule has 0 radical (unpaired) electrons. The number of rotatable bonds is 4. The van der Waals surface area contributed by atoms with Crippen LogP contribution in [0.3, 0.4) is 0 Å². The molecule has 0 aromatic carbocycles. The lowest BCUT2D eigenvalue weighted by molar-refractivity contribution is 0.110. The average molecular weight is 218 g/mol. The topological polar surface area (TPSA) is 48.0 Å². The van der Waals surface area contributed by atoms with Crippen molar-refractivity contribution in [1.82, 2.24) is 9.78 Å². The van der Waals surface area contributed by atoms with Crippen molar-refractivity contribution in [2.75, 3.05) is 0 Å². The summed E-state index contributed by atoms with van der Waals surface area (Å²) in [6.07, 6.45) is 3.52. The van der Waals surface area contributed by atoms with Crippen molar-refractivity contribution in [2.24, 2.45) is 0 Å². The fourth-order valence-electron chi connectivity index (χ4n) is 1.69. The van der Waals surface area contributed by atoms with Gasteiger partial charge in [0, 0.05) is 12.2 Å². The number of carbonyl (C=O) groups is 1. The molecule has 2 aromatic heterocycles. The summed E-state index contributed by atoms with van der Waals surface area (Å²) in [4.78, 5) is 10.5. The molecule has 0 aliphatic carbocycles. The Balaban J connectivity index is 2.36. The fourth-order valence-corrected chi connectivity index (χ4v) is 1.69. The number of carbonyl (C=O) groups excluding carboxylic acids is 1. The number of aryl methyl sites for hydroxylation is 1. The van der Waals surface area contributed by atoms with E-state index in [2.05, 4.69) is 12.0 Å². The molecule has 16 heavy (non-hydrogen) atoms. The summed E-state index contributed by atoms with van der Waals surface area (Å²) in [6.45, 7) is 5.01. The molecule has 0 saturated carbocycles. The summed E-state index contributed by atoms with van der Waals surface area (Å²) < 4.78 is 7.31. The van der Waals surface area contributed by atoms with E-state index in [4.69, 9.17) is 4.42 Å². The maximum atomic E-state index is 10.5. The molecule has 84 valence electrons. The number of nitrogens with zero attached hydrogens (tertiary/aromatic N) is 2. The molecule has 0 amide bonds. The Morgan fingerprint density at radius 3 is 2.94 bits per heavy atom. The molecule has 2 rings (SSSR count). The van der Waals surface area contributed by atoms with Crippen molar-refractivity contribution in [3.8, 4) is 11.3 Å². The van der Waals surface area contributed by atoms with Crippen LogP contribution >= 0.6 is 0 Å².